The van der Waals surface area contributed by atoms with Gasteiger partial charge in [-0.05, 0) is 34.1 Å². The van der Waals surface area contributed by atoms with Gasteiger partial charge in [0.05, 0.1) is 4.47 Å². The molecule has 0 amide bonds. The minimum absolute atomic E-state index is 0.0865. The topological polar surface area (TPSA) is 75.9 Å². The Morgan fingerprint density at radius 3 is 2.84 bits per heavy atom. The lowest BCUT2D eigenvalue weighted by molar-refractivity contribution is 0.587. The zero-order chi connectivity index (χ0) is 13.8. The molecule has 0 atom stereocenters. The molecule has 0 saturated heterocycles. The van der Waals surface area contributed by atoms with Gasteiger partial charge in [-0.15, -0.1) is 0 Å². The molecule has 100 valence electrons. The molecule has 0 spiro atoms. The van der Waals surface area contributed by atoms with Gasteiger partial charge >= 0.3 is 0 Å². The Balaban J connectivity index is 2.16. The van der Waals surface area contributed by atoms with E-state index in [9.17, 15) is 8.78 Å². The number of nitrogens with one attached hydrogen (secondary N) is 2. The highest BCUT2D eigenvalue weighted by atomic mass is 79.9. The minimum atomic E-state index is -0.496. The van der Waals surface area contributed by atoms with E-state index in [1.54, 1.807) is 0 Å². The summed E-state index contributed by atoms with van der Waals surface area (Å²) in [7, 11) is 0. The highest BCUT2D eigenvalue weighted by Crippen LogP contribution is 2.21. The quantitative estimate of drug-likeness (QED) is 0.593. The highest BCUT2D eigenvalue weighted by Gasteiger charge is 2.07. The summed E-state index contributed by atoms with van der Waals surface area (Å²) in [6, 6.07) is 3.27. The molecule has 1 aromatic carbocycles. The van der Waals surface area contributed by atoms with Gasteiger partial charge < -0.3 is 5.32 Å². The summed E-state index contributed by atoms with van der Waals surface area (Å²) in [6.45, 7) is 0.0865. The Morgan fingerprint density at radius 1 is 1.32 bits per heavy atom. The van der Waals surface area contributed by atoms with Gasteiger partial charge in [-0.3, -0.25) is 5.43 Å². The van der Waals surface area contributed by atoms with Crippen molar-refractivity contribution < 1.29 is 8.78 Å². The van der Waals surface area contributed by atoms with Crippen molar-refractivity contribution in [1.82, 2.24) is 9.97 Å². The molecule has 5 nitrogen and oxygen atoms in total. The smallest absolute Gasteiger partial charge is 0.239 e. The Hall–Kier alpha value is -1.80. The number of rotatable bonds is 4. The number of aromatic nitrogens is 2. The van der Waals surface area contributed by atoms with Crippen molar-refractivity contribution in [2.24, 2.45) is 5.84 Å². The van der Waals surface area contributed by atoms with Gasteiger partial charge in [0.2, 0.25) is 5.95 Å². The molecule has 0 radical (unpaired) electrons. The van der Waals surface area contributed by atoms with E-state index in [4.69, 9.17) is 5.84 Å². The molecule has 1 aromatic heterocycles. The standard InChI is InChI=1S/C11H10BrF2N5/c12-8-5-17-11(19-15)18-10(8)16-4-6-3-7(13)1-2-9(6)14/h1-3,5H,4,15H2,(H2,16,17,18,19). The molecule has 0 saturated carbocycles. The van der Waals surface area contributed by atoms with Crippen molar-refractivity contribution in [1.29, 1.82) is 0 Å². The number of hydrazine groups is 1. The van der Waals surface area contributed by atoms with Gasteiger partial charge in [0.25, 0.3) is 0 Å². The summed E-state index contributed by atoms with van der Waals surface area (Å²) in [6.07, 6.45) is 1.49. The first-order valence-corrected chi connectivity index (χ1v) is 6.06. The monoisotopic (exact) mass is 329 g/mol. The van der Waals surface area contributed by atoms with E-state index in [0.717, 1.165) is 18.2 Å². The van der Waals surface area contributed by atoms with E-state index in [-0.39, 0.29) is 18.1 Å². The van der Waals surface area contributed by atoms with Crippen LogP contribution in [0.15, 0.2) is 28.9 Å². The van der Waals surface area contributed by atoms with Crippen molar-refractivity contribution in [3.8, 4) is 0 Å². The summed E-state index contributed by atoms with van der Waals surface area (Å²) in [5.41, 5.74) is 2.50. The first-order chi connectivity index (χ1) is 9.10. The lowest BCUT2D eigenvalue weighted by Crippen LogP contribution is -2.12. The van der Waals surface area contributed by atoms with Gasteiger partial charge in [-0.1, -0.05) is 0 Å². The molecule has 2 rings (SSSR count). The van der Waals surface area contributed by atoms with Crippen LogP contribution in [0.25, 0.3) is 0 Å². The van der Waals surface area contributed by atoms with Gasteiger partial charge in [0.1, 0.15) is 17.5 Å². The summed E-state index contributed by atoms with van der Waals surface area (Å²) in [5.74, 6) is 4.84. The molecule has 4 N–H and O–H groups in total. The van der Waals surface area contributed by atoms with E-state index in [2.05, 4.69) is 36.6 Å². The van der Waals surface area contributed by atoms with Gasteiger partial charge in [-0.2, -0.15) is 4.98 Å². The average Bonchev–Trinajstić information content (AvgIpc) is 2.41. The predicted octanol–water partition coefficient (Wildman–Crippen LogP) is 2.42. The number of anilines is 2. The van der Waals surface area contributed by atoms with Gasteiger partial charge in [0.15, 0.2) is 0 Å². The third-order valence-corrected chi connectivity index (χ3v) is 2.91. The third kappa shape index (κ3) is 3.36. The van der Waals surface area contributed by atoms with Crippen molar-refractivity contribution in [2.75, 3.05) is 10.7 Å². The van der Waals surface area contributed by atoms with E-state index in [1.165, 1.54) is 6.20 Å². The number of nitrogens with zero attached hydrogens (tertiary/aromatic N) is 2. The fourth-order valence-corrected chi connectivity index (χ4v) is 1.75. The lowest BCUT2D eigenvalue weighted by atomic mass is 10.2. The Morgan fingerprint density at radius 2 is 2.11 bits per heavy atom. The molecule has 0 fully saturated rings. The number of nitrogen functional groups attached to an aromatic ring is 1. The first kappa shape index (κ1) is 13.6. The Kier molecular flexibility index (Phi) is 4.23. The van der Waals surface area contributed by atoms with Crippen LogP contribution in [-0.4, -0.2) is 9.97 Å². The molecule has 0 aliphatic carbocycles. The Bertz CT molecular complexity index is 593. The van der Waals surface area contributed by atoms with E-state index in [0.29, 0.717) is 10.3 Å². The second-order valence-corrected chi connectivity index (χ2v) is 4.48. The number of hydrogen-bond donors (Lipinski definition) is 3. The van der Waals surface area contributed by atoms with Crippen LogP contribution in [0.4, 0.5) is 20.5 Å². The maximum atomic E-state index is 13.4. The molecule has 0 unspecified atom stereocenters. The fraction of sp³-hybridized carbons (Fsp3) is 0.0909. The van der Waals surface area contributed by atoms with Crippen LogP contribution in [0.5, 0.6) is 0 Å². The summed E-state index contributed by atoms with van der Waals surface area (Å²) in [4.78, 5) is 7.91. The third-order valence-electron chi connectivity index (χ3n) is 2.33. The van der Waals surface area contributed by atoms with Crippen LogP contribution in [0.1, 0.15) is 5.56 Å². The van der Waals surface area contributed by atoms with Gasteiger partial charge in [0, 0.05) is 18.3 Å². The number of hydrogen-bond acceptors (Lipinski definition) is 5. The van der Waals surface area contributed by atoms with Crippen LogP contribution in [0.3, 0.4) is 0 Å². The predicted molar refractivity (Wildman–Crippen MR) is 71.2 cm³/mol. The molecular weight excluding hydrogens is 320 g/mol. The second-order valence-electron chi connectivity index (χ2n) is 3.62. The van der Waals surface area contributed by atoms with Crippen LogP contribution in [-0.2, 0) is 6.54 Å². The molecule has 0 aliphatic heterocycles. The van der Waals surface area contributed by atoms with E-state index >= 15 is 0 Å². The van der Waals surface area contributed by atoms with Crippen LogP contribution in [0.2, 0.25) is 0 Å². The molecule has 19 heavy (non-hydrogen) atoms. The average molecular weight is 330 g/mol. The number of halogens is 3. The summed E-state index contributed by atoms with van der Waals surface area (Å²) in [5, 5.41) is 2.87. The van der Waals surface area contributed by atoms with Crippen LogP contribution < -0.4 is 16.6 Å². The molecule has 1 heterocycles. The van der Waals surface area contributed by atoms with Crippen molar-refractivity contribution in [2.45, 2.75) is 6.54 Å². The maximum Gasteiger partial charge on any atom is 0.239 e. The van der Waals surface area contributed by atoms with Crippen molar-refractivity contribution in [3.05, 3.63) is 46.1 Å². The maximum absolute atomic E-state index is 13.4. The minimum Gasteiger partial charge on any atom is -0.365 e. The molecule has 8 heteroatoms. The summed E-state index contributed by atoms with van der Waals surface area (Å²) < 4.78 is 27.0. The van der Waals surface area contributed by atoms with E-state index < -0.39 is 11.6 Å². The fourth-order valence-electron chi connectivity index (χ4n) is 1.42. The second kappa shape index (κ2) is 5.89. The van der Waals surface area contributed by atoms with Crippen LogP contribution >= 0.6 is 15.9 Å². The van der Waals surface area contributed by atoms with Crippen molar-refractivity contribution in [3.63, 3.8) is 0 Å². The summed E-state index contributed by atoms with van der Waals surface area (Å²) >= 11 is 3.24. The Labute approximate surface area is 116 Å². The normalized spacial score (nSPS) is 10.3. The van der Waals surface area contributed by atoms with Crippen molar-refractivity contribution >= 4 is 27.7 Å². The number of benzene rings is 1. The zero-order valence-electron chi connectivity index (χ0n) is 9.62. The highest BCUT2D eigenvalue weighted by molar-refractivity contribution is 9.10. The molecule has 2 aromatic rings. The molecule has 0 aliphatic rings. The zero-order valence-corrected chi connectivity index (χ0v) is 11.2. The lowest BCUT2D eigenvalue weighted by Gasteiger charge is -2.09. The van der Waals surface area contributed by atoms with Crippen LogP contribution in [0, 0.1) is 11.6 Å². The largest absolute Gasteiger partial charge is 0.365 e. The molecular formula is C11H10BrF2N5. The van der Waals surface area contributed by atoms with Gasteiger partial charge in [-0.25, -0.2) is 19.6 Å². The SMILES string of the molecule is NNc1ncc(Br)c(NCc2cc(F)ccc2F)n1. The molecule has 0 bridgehead atoms. The number of nitrogens with two attached hydrogens (primary N) is 1. The first-order valence-electron chi connectivity index (χ1n) is 5.27. The van der Waals surface area contributed by atoms with E-state index in [1.807, 2.05) is 0 Å².